The van der Waals surface area contributed by atoms with Crippen molar-refractivity contribution in [1.29, 1.82) is 0 Å². The van der Waals surface area contributed by atoms with Crippen LogP contribution in [-0.2, 0) is 4.74 Å². The number of urea groups is 1. The number of hydrogen-bond acceptors (Lipinski definition) is 6. The Morgan fingerprint density at radius 2 is 1.84 bits per heavy atom. The van der Waals surface area contributed by atoms with Gasteiger partial charge in [0.1, 0.15) is 5.75 Å². The normalized spacial score (nSPS) is 22.0. The molecule has 0 spiro atoms. The number of anilines is 2. The minimum Gasteiger partial charge on any atom is -0.490 e. The number of para-hydroxylation sites is 1. The van der Waals surface area contributed by atoms with E-state index in [1.54, 1.807) is 35.2 Å². The molecular weight excluding hydrogens is 484 g/mol. The molecule has 38 heavy (non-hydrogen) atoms. The van der Waals surface area contributed by atoms with Crippen LogP contribution in [0.2, 0.25) is 0 Å². The van der Waals surface area contributed by atoms with Gasteiger partial charge in [-0.05, 0) is 70.5 Å². The first-order chi connectivity index (χ1) is 18.3. The zero-order valence-corrected chi connectivity index (χ0v) is 22.9. The maximum absolute atomic E-state index is 14.0. The highest BCUT2D eigenvalue weighted by Gasteiger charge is 2.29. The summed E-state index contributed by atoms with van der Waals surface area (Å²) in [5.74, 6) is 0.206. The Kier molecular flexibility index (Phi) is 11.4. The predicted octanol–water partition coefficient (Wildman–Crippen LogP) is 4.35. The Balaban J connectivity index is 1.93. The number of hydrogen-bond donors (Lipinski definition) is 4. The molecule has 4 atom stereocenters. The van der Waals surface area contributed by atoms with Crippen molar-refractivity contribution in [3.05, 3.63) is 54.1 Å². The van der Waals surface area contributed by atoms with E-state index < -0.39 is 12.1 Å². The van der Waals surface area contributed by atoms with E-state index in [9.17, 15) is 14.7 Å². The average Bonchev–Trinajstić information content (AvgIpc) is 2.90. The highest BCUT2D eigenvalue weighted by atomic mass is 16.5. The van der Waals surface area contributed by atoms with Crippen LogP contribution in [0.15, 0.2) is 48.5 Å². The van der Waals surface area contributed by atoms with E-state index >= 15 is 0 Å². The first kappa shape index (κ1) is 29.4. The summed E-state index contributed by atoms with van der Waals surface area (Å²) in [5, 5.41) is 18.8. The zero-order valence-electron chi connectivity index (χ0n) is 22.9. The van der Waals surface area contributed by atoms with Crippen molar-refractivity contribution in [2.24, 2.45) is 5.92 Å². The van der Waals surface area contributed by atoms with Gasteiger partial charge in [0, 0.05) is 37.0 Å². The molecule has 1 aliphatic heterocycles. The van der Waals surface area contributed by atoms with E-state index in [1.165, 1.54) is 0 Å². The Hall–Kier alpha value is -3.14. The topological polar surface area (TPSA) is 112 Å². The Morgan fingerprint density at radius 1 is 1.11 bits per heavy atom. The van der Waals surface area contributed by atoms with Gasteiger partial charge in [-0.1, -0.05) is 25.1 Å². The van der Waals surface area contributed by atoms with E-state index in [-0.39, 0.29) is 30.6 Å². The van der Waals surface area contributed by atoms with Gasteiger partial charge >= 0.3 is 6.03 Å². The van der Waals surface area contributed by atoms with Gasteiger partial charge in [-0.3, -0.25) is 4.79 Å². The number of aliphatic hydroxyl groups excluding tert-OH is 1. The summed E-state index contributed by atoms with van der Waals surface area (Å²) in [4.78, 5) is 28.3. The van der Waals surface area contributed by atoms with Gasteiger partial charge in [0.2, 0.25) is 0 Å². The van der Waals surface area contributed by atoms with Gasteiger partial charge in [0.15, 0.2) is 0 Å². The molecule has 9 nitrogen and oxygen atoms in total. The molecule has 2 aromatic carbocycles. The molecule has 4 N–H and O–H groups in total. The molecule has 0 unspecified atom stereocenters. The number of carbonyl (C=O) groups is 2. The van der Waals surface area contributed by atoms with Crippen molar-refractivity contribution in [3.8, 4) is 5.75 Å². The number of likely N-dealkylation sites (N-methyl/N-ethyl adjacent to an activating group) is 1. The van der Waals surface area contributed by atoms with Gasteiger partial charge in [-0.25, -0.2) is 4.79 Å². The lowest BCUT2D eigenvalue weighted by molar-refractivity contribution is -0.000450. The van der Waals surface area contributed by atoms with Gasteiger partial charge in [-0.2, -0.15) is 0 Å². The van der Waals surface area contributed by atoms with Crippen molar-refractivity contribution in [2.75, 3.05) is 44.0 Å². The van der Waals surface area contributed by atoms with Crippen LogP contribution in [-0.4, -0.2) is 73.5 Å². The molecule has 0 saturated heterocycles. The average molecular weight is 527 g/mol. The van der Waals surface area contributed by atoms with Crippen LogP contribution in [0.25, 0.3) is 0 Å². The number of carbonyl (C=O) groups excluding carboxylic acids is 2. The first-order valence-electron chi connectivity index (χ1n) is 13.4. The molecule has 3 rings (SSSR count). The van der Waals surface area contributed by atoms with Crippen molar-refractivity contribution in [2.45, 2.75) is 58.3 Å². The zero-order chi connectivity index (χ0) is 27.5. The van der Waals surface area contributed by atoms with Gasteiger partial charge < -0.3 is 35.4 Å². The standard InChI is InChI=1S/C29H42N4O5/c1-20-18-33(21(2)19-34)28(35)25-16-24(32-29(36)31-23-11-6-5-7-12-23)13-14-26(25)38-22(3)10-8-9-15-37-27(20)17-30-4/h5-7,11-14,16,20-22,27,30,34H,8-10,15,17-19H2,1-4H3,(H2,31,32,36)/t20-,21+,22-,27+/m1/s1. The van der Waals surface area contributed by atoms with Crippen LogP contribution in [0.5, 0.6) is 5.75 Å². The first-order valence-corrected chi connectivity index (χ1v) is 13.4. The Labute approximate surface area is 225 Å². The van der Waals surface area contributed by atoms with E-state index in [0.717, 1.165) is 19.3 Å². The quantitative estimate of drug-likeness (QED) is 0.445. The molecule has 0 aliphatic carbocycles. The van der Waals surface area contributed by atoms with Crippen LogP contribution in [0, 0.1) is 5.92 Å². The molecule has 2 aromatic rings. The molecule has 0 bridgehead atoms. The maximum Gasteiger partial charge on any atom is 0.323 e. The molecule has 208 valence electrons. The summed E-state index contributed by atoms with van der Waals surface area (Å²) in [6.45, 7) is 7.39. The second kappa shape index (κ2) is 14.7. The number of nitrogens with one attached hydrogen (secondary N) is 3. The van der Waals surface area contributed by atoms with Crippen molar-refractivity contribution < 1.29 is 24.2 Å². The SMILES string of the molecule is CNC[C@@H]1OCCCC[C@@H](C)Oc2ccc(NC(=O)Nc3ccccc3)cc2C(=O)N([C@@H](C)CO)C[C@H]1C. The summed E-state index contributed by atoms with van der Waals surface area (Å²) < 4.78 is 12.4. The van der Waals surface area contributed by atoms with Crippen LogP contribution in [0.4, 0.5) is 16.2 Å². The van der Waals surface area contributed by atoms with Crippen LogP contribution in [0.1, 0.15) is 50.4 Å². The van der Waals surface area contributed by atoms with E-state index in [1.807, 2.05) is 39.1 Å². The summed E-state index contributed by atoms with van der Waals surface area (Å²) >= 11 is 0. The second-order valence-electron chi connectivity index (χ2n) is 10.0. The molecule has 1 heterocycles. The Bertz CT molecular complexity index is 1030. The van der Waals surface area contributed by atoms with Crippen LogP contribution >= 0.6 is 0 Å². The number of aliphatic hydroxyl groups is 1. The minimum absolute atomic E-state index is 0.0181. The Morgan fingerprint density at radius 3 is 2.55 bits per heavy atom. The lowest BCUT2D eigenvalue weighted by atomic mass is 10.0. The number of nitrogens with zero attached hydrogens (tertiary/aromatic N) is 1. The van der Waals surface area contributed by atoms with Crippen molar-refractivity contribution >= 4 is 23.3 Å². The third-order valence-corrected chi connectivity index (χ3v) is 6.75. The minimum atomic E-state index is -0.420. The fourth-order valence-corrected chi connectivity index (χ4v) is 4.51. The summed E-state index contributed by atoms with van der Waals surface area (Å²) in [6.07, 6.45) is 2.49. The molecular formula is C29H42N4O5. The van der Waals surface area contributed by atoms with Crippen molar-refractivity contribution in [1.82, 2.24) is 10.2 Å². The lowest BCUT2D eigenvalue weighted by Gasteiger charge is -2.34. The smallest absolute Gasteiger partial charge is 0.323 e. The fraction of sp³-hybridized carbons (Fsp3) is 0.517. The van der Waals surface area contributed by atoms with Gasteiger partial charge in [0.25, 0.3) is 5.91 Å². The number of ether oxygens (including phenoxy) is 2. The van der Waals surface area contributed by atoms with Crippen LogP contribution < -0.4 is 20.7 Å². The van der Waals surface area contributed by atoms with Crippen LogP contribution in [0.3, 0.4) is 0 Å². The monoisotopic (exact) mass is 526 g/mol. The van der Waals surface area contributed by atoms with Crippen molar-refractivity contribution in [3.63, 3.8) is 0 Å². The lowest BCUT2D eigenvalue weighted by Crippen LogP contribution is -2.47. The largest absolute Gasteiger partial charge is 0.490 e. The van der Waals surface area contributed by atoms with E-state index in [0.29, 0.717) is 42.4 Å². The van der Waals surface area contributed by atoms with E-state index in [4.69, 9.17) is 9.47 Å². The predicted molar refractivity (Wildman–Crippen MR) is 150 cm³/mol. The summed E-state index contributed by atoms with van der Waals surface area (Å²) in [7, 11) is 1.89. The highest BCUT2D eigenvalue weighted by molar-refractivity contribution is 6.02. The molecule has 3 amide bonds. The highest BCUT2D eigenvalue weighted by Crippen LogP contribution is 2.28. The molecule has 1 aliphatic rings. The van der Waals surface area contributed by atoms with E-state index in [2.05, 4.69) is 22.9 Å². The number of benzene rings is 2. The molecule has 0 aromatic heterocycles. The number of amides is 3. The van der Waals surface area contributed by atoms with Gasteiger partial charge in [0.05, 0.1) is 30.4 Å². The third kappa shape index (κ3) is 8.44. The molecule has 9 heteroatoms. The maximum atomic E-state index is 14.0. The second-order valence-corrected chi connectivity index (χ2v) is 10.0. The molecule has 0 fully saturated rings. The number of fused-ring (bicyclic) bond motifs is 1. The van der Waals surface area contributed by atoms with Gasteiger partial charge in [-0.15, -0.1) is 0 Å². The summed E-state index contributed by atoms with van der Waals surface area (Å²) in [6, 6.07) is 13.4. The fourth-order valence-electron chi connectivity index (χ4n) is 4.51. The molecule has 0 radical (unpaired) electrons. The summed E-state index contributed by atoms with van der Waals surface area (Å²) in [5.41, 5.74) is 1.46. The third-order valence-electron chi connectivity index (χ3n) is 6.75. The number of rotatable bonds is 6. The molecule has 0 saturated carbocycles.